The number of allylic oxidation sites excluding steroid dienone is 3. The zero-order chi connectivity index (χ0) is 7.98. The molecule has 0 aliphatic heterocycles. The number of alkyl halides is 1. The van der Waals surface area contributed by atoms with E-state index < -0.39 is 5.83 Å². The molecule has 0 fully saturated rings. The van der Waals surface area contributed by atoms with Crippen molar-refractivity contribution < 1.29 is 4.39 Å². The van der Waals surface area contributed by atoms with Gasteiger partial charge in [-0.15, -0.1) is 11.6 Å². The van der Waals surface area contributed by atoms with Gasteiger partial charge in [-0.05, 0) is 19.7 Å². The van der Waals surface area contributed by atoms with Gasteiger partial charge < -0.3 is 0 Å². The summed E-state index contributed by atoms with van der Waals surface area (Å²) in [7, 11) is 0. The minimum Gasteiger partial charge on any atom is -0.269 e. The zero-order valence-electron chi connectivity index (χ0n) is 5.77. The third-order valence-corrected chi connectivity index (χ3v) is 1.23. The first-order valence-corrected chi connectivity index (χ1v) is 3.28. The molecule has 0 spiro atoms. The molecular weight excluding hydrogens is 153 g/mol. The fourth-order valence-corrected chi connectivity index (χ4v) is 0.476. The Morgan fingerprint density at radius 2 is 2.40 bits per heavy atom. The van der Waals surface area contributed by atoms with Crippen molar-refractivity contribution in [3.05, 3.63) is 23.7 Å². The Morgan fingerprint density at radius 3 is 2.80 bits per heavy atom. The van der Waals surface area contributed by atoms with Gasteiger partial charge in [0.05, 0.1) is 6.20 Å². The summed E-state index contributed by atoms with van der Waals surface area (Å²) < 4.78 is 12.4. The van der Waals surface area contributed by atoms with E-state index in [1.807, 2.05) is 0 Å². The average molecular weight is 162 g/mol. The van der Waals surface area contributed by atoms with Crippen LogP contribution in [0, 0.1) is 0 Å². The van der Waals surface area contributed by atoms with E-state index in [1.165, 1.54) is 6.08 Å². The van der Waals surface area contributed by atoms with E-state index in [-0.39, 0.29) is 0 Å². The highest BCUT2D eigenvalue weighted by molar-refractivity contribution is 6.19. The first-order valence-electron chi connectivity index (χ1n) is 2.75. The molecule has 56 valence electrons. The van der Waals surface area contributed by atoms with Crippen LogP contribution in [0.1, 0.15) is 6.92 Å². The standard InChI is InChI=1S/C7H9ClFN/c1-6(4-8)3-7(9)5-10-2/h3,5H,2,4H2,1H3/b6-3+,7-5+. The lowest BCUT2D eigenvalue weighted by Gasteiger charge is -1.89. The maximum absolute atomic E-state index is 12.4. The molecule has 10 heavy (non-hydrogen) atoms. The third-order valence-electron chi connectivity index (χ3n) is 0.810. The number of aliphatic imine (C=N–C) groups is 1. The quantitative estimate of drug-likeness (QED) is 0.343. The van der Waals surface area contributed by atoms with E-state index in [0.717, 1.165) is 11.8 Å². The molecule has 0 N–H and O–H groups in total. The summed E-state index contributed by atoms with van der Waals surface area (Å²) >= 11 is 5.39. The van der Waals surface area contributed by atoms with Crippen LogP contribution in [0.2, 0.25) is 0 Å². The van der Waals surface area contributed by atoms with Crippen LogP contribution in [0.5, 0.6) is 0 Å². The summed E-state index contributed by atoms with van der Waals surface area (Å²) in [6.45, 7) is 4.84. The summed E-state index contributed by atoms with van der Waals surface area (Å²) in [6.07, 6.45) is 2.36. The number of nitrogens with zero attached hydrogens (tertiary/aromatic N) is 1. The Bertz CT molecular complexity index is 172. The summed E-state index contributed by atoms with van der Waals surface area (Å²) in [4.78, 5) is 3.25. The van der Waals surface area contributed by atoms with Gasteiger partial charge >= 0.3 is 0 Å². The van der Waals surface area contributed by atoms with Crippen LogP contribution in [-0.2, 0) is 0 Å². The highest BCUT2D eigenvalue weighted by Gasteiger charge is 1.88. The van der Waals surface area contributed by atoms with Gasteiger partial charge in [-0.2, -0.15) is 0 Å². The van der Waals surface area contributed by atoms with Gasteiger partial charge in [0.1, 0.15) is 5.83 Å². The zero-order valence-corrected chi connectivity index (χ0v) is 6.53. The molecule has 0 bridgehead atoms. The van der Waals surface area contributed by atoms with Gasteiger partial charge in [-0.1, -0.05) is 5.57 Å². The van der Waals surface area contributed by atoms with E-state index in [2.05, 4.69) is 11.7 Å². The number of rotatable bonds is 3. The first-order chi connectivity index (χ1) is 4.70. The third kappa shape index (κ3) is 4.27. The molecule has 0 saturated carbocycles. The number of hydrogen-bond acceptors (Lipinski definition) is 1. The van der Waals surface area contributed by atoms with E-state index in [0.29, 0.717) is 5.88 Å². The van der Waals surface area contributed by atoms with Crippen LogP contribution in [-0.4, -0.2) is 12.6 Å². The molecule has 0 amide bonds. The van der Waals surface area contributed by atoms with Gasteiger partial charge in [-0.25, -0.2) is 4.39 Å². The van der Waals surface area contributed by atoms with Gasteiger partial charge in [0.2, 0.25) is 0 Å². The highest BCUT2D eigenvalue weighted by atomic mass is 35.5. The Labute approximate surface area is 64.9 Å². The summed E-state index contributed by atoms with van der Waals surface area (Å²) in [6, 6.07) is 0. The van der Waals surface area contributed by atoms with Crippen LogP contribution in [0.3, 0.4) is 0 Å². The molecule has 1 nitrogen and oxygen atoms in total. The molecular formula is C7H9ClFN. The second-order valence-electron chi connectivity index (χ2n) is 1.82. The Balaban J connectivity index is 4.11. The maximum Gasteiger partial charge on any atom is 0.141 e. The topological polar surface area (TPSA) is 12.4 Å². The Kier molecular flexibility index (Phi) is 4.85. The predicted octanol–water partition coefficient (Wildman–Crippen LogP) is 2.68. The SMILES string of the molecule is C=N/C=C(F)\C=C(/C)CCl. The monoisotopic (exact) mass is 161 g/mol. The maximum atomic E-state index is 12.4. The first kappa shape index (κ1) is 9.37. The summed E-state index contributed by atoms with van der Waals surface area (Å²) in [5, 5.41) is 0. The van der Waals surface area contributed by atoms with Crippen LogP contribution in [0.25, 0.3) is 0 Å². The Morgan fingerprint density at radius 1 is 1.80 bits per heavy atom. The molecule has 0 unspecified atom stereocenters. The van der Waals surface area contributed by atoms with Crippen LogP contribution in [0.4, 0.5) is 4.39 Å². The largest absolute Gasteiger partial charge is 0.269 e. The lowest BCUT2D eigenvalue weighted by molar-refractivity contribution is 0.662. The second kappa shape index (κ2) is 5.18. The number of hydrogen-bond donors (Lipinski definition) is 0. The fraction of sp³-hybridized carbons (Fsp3) is 0.286. The molecule has 0 rings (SSSR count). The molecule has 0 saturated heterocycles. The van der Waals surface area contributed by atoms with E-state index in [1.54, 1.807) is 6.92 Å². The van der Waals surface area contributed by atoms with Gasteiger partial charge in [0, 0.05) is 5.88 Å². The molecule has 0 aliphatic rings. The normalized spacial score (nSPS) is 13.5. The fourth-order valence-electron chi connectivity index (χ4n) is 0.398. The Hall–Kier alpha value is -0.630. The summed E-state index contributed by atoms with van der Waals surface area (Å²) in [5.74, 6) is -0.0913. The molecule has 3 heteroatoms. The molecule has 0 aromatic rings. The highest BCUT2D eigenvalue weighted by Crippen LogP contribution is 2.04. The lowest BCUT2D eigenvalue weighted by Crippen LogP contribution is -1.76. The molecule has 0 heterocycles. The van der Waals surface area contributed by atoms with Crippen molar-refractivity contribution >= 4 is 18.3 Å². The molecule has 0 radical (unpaired) electrons. The minimum atomic E-state index is -0.423. The van der Waals surface area contributed by atoms with Crippen LogP contribution >= 0.6 is 11.6 Å². The van der Waals surface area contributed by atoms with Crippen molar-refractivity contribution in [1.82, 2.24) is 0 Å². The molecule has 0 aromatic carbocycles. The van der Waals surface area contributed by atoms with Crippen molar-refractivity contribution in [2.45, 2.75) is 6.92 Å². The smallest absolute Gasteiger partial charge is 0.141 e. The molecule has 0 aromatic heterocycles. The van der Waals surface area contributed by atoms with Gasteiger partial charge in [-0.3, -0.25) is 4.99 Å². The van der Waals surface area contributed by atoms with Crippen molar-refractivity contribution in [2.24, 2.45) is 4.99 Å². The number of halogens is 2. The lowest BCUT2D eigenvalue weighted by atomic mass is 10.3. The predicted molar refractivity (Wildman–Crippen MR) is 43.2 cm³/mol. The minimum absolute atomic E-state index is 0.332. The van der Waals surface area contributed by atoms with Crippen LogP contribution < -0.4 is 0 Å². The van der Waals surface area contributed by atoms with Gasteiger partial charge in [0.25, 0.3) is 0 Å². The van der Waals surface area contributed by atoms with Crippen molar-refractivity contribution in [1.29, 1.82) is 0 Å². The molecule has 0 atom stereocenters. The van der Waals surface area contributed by atoms with Crippen LogP contribution in [0.15, 0.2) is 28.7 Å². The van der Waals surface area contributed by atoms with Crippen molar-refractivity contribution in [3.8, 4) is 0 Å². The van der Waals surface area contributed by atoms with E-state index in [4.69, 9.17) is 11.6 Å². The summed E-state index contributed by atoms with van der Waals surface area (Å²) in [5.41, 5.74) is 0.763. The van der Waals surface area contributed by atoms with Crippen molar-refractivity contribution in [3.63, 3.8) is 0 Å². The van der Waals surface area contributed by atoms with E-state index in [9.17, 15) is 4.39 Å². The molecule has 0 aliphatic carbocycles. The second-order valence-corrected chi connectivity index (χ2v) is 2.09. The van der Waals surface area contributed by atoms with Crippen molar-refractivity contribution in [2.75, 3.05) is 5.88 Å². The van der Waals surface area contributed by atoms with Gasteiger partial charge in [0.15, 0.2) is 0 Å². The van der Waals surface area contributed by atoms with E-state index >= 15 is 0 Å². The average Bonchev–Trinajstić information content (AvgIpc) is 1.88.